The summed E-state index contributed by atoms with van der Waals surface area (Å²) in [4.78, 5) is 15.2. The molecule has 5 nitrogen and oxygen atoms in total. The maximum atomic E-state index is 6.66. The van der Waals surface area contributed by atoms with E-state index in [1.165, 1.54) is 54.4 Å². The van der Waals surface area contributed by atoms with E-state index in [4.69, 9.17) is 19.4 Å². The fraction of sp³-hybridized carbons (Fsp3) is 0.333. The van der Waals surface area contributed by atoms with Gasteiger partial charge >= 0.3 is 0 Å². The first kappa shape index (κ1) is 27.2. The van der Waals surface area contributed by atoms with Gasteiger partial charge in [-0.25, -0.2) is 4.98 Å². The van der Waals surface area contributed by atoms with Gasteiger partial charge in [-0.2, -0.15) is 4.57 Å². The van der Waals surface area contributed by atoms with Crippen LogP contribution in [0.2, 0.25) is 0 Å². The summed E-state index contributed by atoms with van der Waals surface area (Å²) in [5.74, 6) is 0.844. The molecule has 44 heavy (non-hydrogen) atoms. The van der Waals surface area contributed by atoms with E-state index in [1.807, 2.05) is 13.0 Å². The van der Waals surface area contributed by atoms with Crippen molar-refractivity contribution < 1.29 is 8.98 Å². The van der Waals surface area contributed by atoms with Gasteiger partial charge in [0.1, 0.15) is 5.52 Å². The van der Waals surface area contributed by atoms with Crippen LogP contribution in [-0.4, -0.2) is 21.7 Å². The van der Waals surface area contributed by atoms with E-state index in [2.05, 4.69) is 79.5 Å². The lowest BCUT2D eigenvalue weighted by molar-refractivity contribution is -0.571. The molecule has 220 valence electrons. The molecule has 3 aliphatic rings. The van der Waals surface area contributed by atoms with Crippen LogP contribution in [-0.2, 0) is 6.42 Å². The number of furan rings is 1. The number of fused-ring (bicyclic) bond motifs is 10. The Kier molecular flexibility index (Phi) is 6.58. The summed E-state index contributed by atoms with van der Waals surface area (Å²) >= 11 is 0. The summed E-state index contributed by atoms with van der Waals surface area (Å²) < 4.78 is 8.96. The Balaban J connectivity index is 1.37. The molecular weight excluding hydrogens is 540 g/mol. The van der Waals surface area contributed by atoms with Crippen LogP contribution in [0, 0.1) is 13.8 Å². The van der Waals surface area contributed by atoms with Crippen molar-refractivity contribution in [3.63, 3.8) is 0 Å². The molecule has 0 saturated heterocycles. The maximum Gasteiger partial charge on any atom is 0.229 e. The quantitative estimate of drug-likeness (QED) is 0.196. The van der Waals surface area contributed by atoms with Crippen LogP contribution in [0.5, 0.6) is 0 Å². The number of rotatable bonds is 2. The average Bonchev–Trinajstić information content (AvgIpc) is 3.42. The first-order chi connectivity index (χ1) is 21.5. The van der Waals surface area contributed by atoms with Crippen LogP contribution in [0.3, 0.4) is 0 Å². The second-order valence-electron chi connectivity index (χ2n) is 13.0. The topological polar surface area (TPSA) is 55.2 Å². The normalized spacial score (nSPS) is 20.4. The van der Waals surface area contributed by atoms with E-state index in [0.29, 0.717) is 11.6 Å². The van der Waals surface area contributed by atoms with Crippen LogP contribution >= 0.6 is 0 Å². The summed E-state index contributed by atoms with van der Waals surface area (Å²) in [6.07, 6.45) is 15.3. The Morgan fingerprint density at radius 1 is 1.00 bits per heavy atom. The number of aryl methyl sites for hydroxylation is 3. The molecule has 0 bridgehead atoms. The van der Waals surface area contributed by atoms with Gasteiger partial charge in [0.25, 0.3) is 0 Å². The van der Waals surface area contributed by atoms with E-state index in [0.717, 1.165) is 69.7 Å². The number of nitrogens with zero attached hydrogens (tertiary/aromatic N) is 4. The molecule has 6 heterocycles. The van der Waals surface area contributed by atoms with Crippen molar-refractivity contribution >= 4 is 33.6 Å². The van der Waals surface area contributed by atoms with Crippen molar-refractivity contribution in [2.24, 2.45) is 4.99 Å². The van der Waals surface area contributed by atoms with Crippen molar-refractivity contribution in [2.45, 2.75) is 83.1 Å². The first-order valence-electron chi connectivity index (χ1n) is 16.2. The minimum atomic E-state index is 0.0740. The minimum absolute atomic E-state index is 0.0740. The lowest BCUT2D eigenvalue weighted by Gasteiger charge is -2.32. The summed E-state index contributed by atoms with van der Waals surface area (Å²) in [5.41, 5.74) is 14.0. The van der Waals surface area contributed by atoms with Gasteiger partial charge in [-0.15, -0.1) is 0 Å². The molecule has 1 saturated carbocycles. The average molecular weight is 580 g/mol. The Bertz CT molecular complexity index is 2010. The van der Waals surface area contributed by atoms with Crippen LogP contribution in [0.1, 0.15) is 90.3 Å². The van der Waals surface area contributed by atoms with Gasteiger partial charge in [0.05, 0.1) is 29.1 Å². The Labute approximate surface area is 259 Å². The smallest absolute Gasteiger partial charge is 0.229 e. The van der Waals surface area contributed by atoms with Gasteiger partial charge in [-0.1, -0.05) is 50.1 Å². The van der Waals surface area contributed by atoms with E-state index in [1.54, 1.807) is 0 Å². The first-order valence-corrected chi connectivity index (χ1v) is 16.2. The third-order valence-electron chi connectivity index (χ3n) is 10.3. The van der Waals surface area contributed by atoms with E-state index >= 15 is 0 Å². The zero-order valence-electron chi connectivity index (χ0n) is 25.8. The SMILES string of the molecule is C=CC1=NC2CC(=C)[n+]3ccc(C4CCCCC4)cc3-c3cnc4c(oc5nc(C)cc(C)c54)c3CCC2c2ccccc21. The number of aromatic nitrogens is 3. The fourth-order valence-electron chi connectivity index (χ4n) is 8.18. The van der Waals surface area contributed by atoms with Crippen molar-refractivity contribution in [3.05, 3.63) is 108 Å². The predicted octanol–water partition coefficient (Wildman–Crippen LogP) is 8.94. The summed E-state index contributed by atoms with van der Waals surface area (Å²) in [7, 11) is 0. The highest BCUT2D eigenvalue weighted by Crippen LogP contribution is 2.42. The molecule has 0 amide bonds. The third-order valence-corrected chi connectivity index (χ3v) is 10.3. The maximum absolute atomic E-state index is 6.66. The third kappa shape index (κ3) is 4.36. The summed E-state index contributed by atoms with van der Waals surface area (Å²) in [6, 6.07) is 15.6. The number of aliphatic imine (C=N–C) groups is 1. The molecule has 2 atom stereocenters. The van der Waals surface area contributed by atoms with Crippen LogP contribution < -0.4 is 4.57 Å². The molecule has 2 aliphatic heterocycles. The highest BCUT2D eigenvalue weighted by molar-refractivity contribution is 6.10. The van der Waals surface area contributed by atoms with Crippen LogP contribution in [0.25, 0.3) is 39.2 Å². The second-order valence-corrected chi connectivity index (χ2v) is 13.0. The Morgan fingerprint density at radius 2 is 1.84 bits per heavy atom. The Hall–Kier alpha value is -4.38. The molecule has 0 spiro atoms. The molecule has 1 aromatic carbocycles. The highest BCUT2D eigenvalue weighted by atomic mass is 16.3. The number of hydrogen-bond donors (Lipinski definition) is 0. The highest BCUT2D eigenvalue weighted by Gasteiger charge is 2.36. The van der Waals surface area contributed by atoms with Gasteiger partial charge < -0.3 is 4.42 Å². The summed E-state index contributed by atoms with van der Waals surface area (Å²) in [5, 5.41) is 1.01. The van der Waals surface area contributed by atoms with Gasteiger partial charge in [0.15, 0.2) is 17.5 Å². The number of pyridine rings is 3. The van der Waals surface area contributed by atoms with E-state index in [-0.39, 0.29) is 12.0 Å². The second kappa shape index (κ2) is 10.7. The molecule has 1 aliphatic carbocycles. The van der Waals surface area contributed by atoms with Crippen molar-refractivity contribution in [1.82, 2.24) is 9.97 Å². The molecule has 5 heteroatoms. The number of hydrogen-bond acceptors (Lipinski definition) is 4. The molecule has 2 unspecified atom stereocenters. The lowest BCUT2D eigenvalue weighted by atomic mass is 9.78. The zero-order valence-corrected chi connectivity index (χ0v) is 25.8. The monoisotopic (exact) mass is 579 g/mol. The molecule has 5 aromatic rings. The molecule has 0 N–H and O–H groups in total. The molecule has 0 radical (unpaired) electrons. The molecule has 8 rings (SSSR count). The molecular formula is C39H39N4O+. The molecule has 1 fully saturated rings. The van der Waals surface area contributed by atoms with Gasteiger partial charge in [-0.3, -0.25) is 9.98 Å². The zero-order chi connectivity index (χ0) is 29.9. The molecule has 4 aromatic heterocycles. The standard InChI is InChI=1S/C39H39N4O/c1-5-33-29-14-10-9-13-28(29)30-15-16-31-32(22-40-37-36-23(2)19-24(3)41-39(36)44-38(31)37)35-21-27(26-11-7-6-8-12-26)17-18-43(35)25(4)20-34(30)42-33/h5,9-10,13-14,17-19,21-22,26,30,34H,1,4,6-8,11-12,15-16,20H2,2-3H3/q+1. The predicted molar refractivity (Wildman–Crippen MR) is 178 cm³/mol. The largest absolute Gasteiger partial charge is 0.436 e. The van der Waals surface area contributed by atoms with Crippen LogP contribution in [0.15, 0.2) is 83.5 Å². The van der Waals surface area contributed by atoms with Gasteiger partial charge in [0.2, 0.25) is 11.4 Å². The van der Waals surface area contributed by atoms with Crippen LogP contribution in [0.4, 0.5) is 0 Å². The van der Waals surface area contributed by atoms with Crippen molar-refractivity contribution in [1.29, 1.82) is 0 Å². The summed E-state index contributed by atoms with van der Waals surface area (Å²) in [6.45, 7) is 12.9. The van der Waals surface area contributed by atoms with Crippen molar-refractivity contribution in [3.8, 4) is 11.3 Å². The Morgan fingerprint density at radius 3 is 2.68 bits per heavy atom. The number of benzene rings is 1. The van der Waals surface area contributed by atoms with Gasteiger partial charge in [0, 0.05) is 41.1 Å². The van der Waals surface area contributed by atoms with Crippen molar-refractivity contribution in [2.75, 3.05) is 0 Å². The van der Waals surface area contributed by atoms with E-state index < -0.39 is 0 Å². The minimum Gasteiger partial charge on any atom is -0.436 e. The lowest BCUT2D eigenvalue weighted by Crippen LogP contribution is -2.38. The number of allylic oxidation sites excluding steroid dienone is 1. The van der Waals surface area contributed by atoms with E-state index in [9.17, 15) is 0 Å². The van der Waals surface area contributed by atoms with Gasteiger partial charge in [-0.05, 0) is 80.9 Å². The fourth-order valence-corrected chi connectivity index (χ4v) is 8.18.